The van der Waals surface area contributed by atoms with Crippen molar-refractivity contribution in [1.82, 2.24) is 9.97 Å². The molecule has 2 rings (SSSR count). The maximum atomic E-state index is 9.98. The summed E-state index contributed by atoms with van der Waals surface area (Å²) in [4.78, 5) is 26.3. The van der Waals surface area contributed by atoms with Gasteiger partial charge in [-0.1, -0.05) is 0 Å². The molecule has 0 radical (unpaired) electrons. The van der Waals surface area contributed by atoms with Crippen LogP contribution in [0.25, 0.3) is 0 Å². The fourth-order valence-electron chi connectivity index (χ4n) is 0.932. The second kappa shape index (κ2) is 22.5. The predicted octanol–water partition coefficient (Wildman–Crippen LogP) is 3.01. The second-order valence-electron chi connectivity index (χ2n) is 3.24. The average molecular weight is 570 g/mol. The minimum absolute atomic E-state index is 0. The Morgan fingerprint density at radius 3 is 1.20 bits per heavy atom. The van der Waals surface area contributed by atoms with E-state index in [1.807, 2.05) is 0 Å². The van der Waals surface area contributed by atoms with E-state index >= 15 is 0 Å². The molecule has 0 saturated heterocycles. The summed E-state index contributed by atoms with van der Waals surface area (Å²) >= 11 is 0.900. The Bertz CT molecular complexity index is 519. The zero-order valence-electron chi connectivity index (χ0n) is 12.8. The second-order valence-corrected chi connectivity index (χ2v) is 3.24. The number of nitro groups is 2. The monoisotopic (exact) mass is 567 g/mol. The molecule has 0 aromatic carbocycles. The van der Waals surface area contributed by atoms with Crippen LogP contribution in [-0.4, -0.2) is 31.5 Å². The SMILES string of the molecule is Br.Br.CCO.O=[N+]([O-])c1ccncc1.O=[N+]([O-])c1ccncc1.[O]=[Tc]. The number of hydrogen-bond donors (Lipinski definition) is 1. The Hall–Kier alpha value is -1.53. The van der Waals surface area contributed by atoms with Gasteiger partial charge in [-0.05, 0) is 6.92 Å². The Labute approximate surface area is 175 Å². The molecule has 2 aromatic rings. The summed E-state index contributed by atoms with van der Waals surface area (Å²) < 4.78 is 8.22. The first-order chi connectivity index (χ1) is 11.0. The zero-order valence-corrected chi connectivity index (χ0v) is 18.1. The molecule has 0 amide bonds. The van der Waals surface area contributed by atoms with Crippen LogP contribution in [-0.2, 0) is 22.4 Å². The van der Waals surface area contributed by atoms with Crippen molar-refractivity contribution >= 4 is 45.3 Å². The number of hydrogen-bond acceptors (Lipinski definition) is 8. The van der Waals surface area contributed by atoms with Gasteiger partial charge >= 0.3 is 22.4 Å². The van der Waals surface area contributed by atoms with Crippen molar-refractivity contribution < 1.29 is 37.3 Å². The molecule has 0 aliphatic carbocycles. The number of nitrogens with zero attached hydrogens (tertiary/aromatic N) is 4. The molecule has 25 heavy (non-hydrogen) atoms. The van der Waals surface area contributed by atoms with Crippen LogP contribution in [0.15, 0.2) is 49.1 Å². The van der Waals surface area contributed by atoms with Gasteiger partial charge < -0.3 is 5.11 Å². The average Bonchev–Trinajstić information content (AvgIpc) is 2.59. The molecule has 141 valence electrons. The molecule has 0 aliphatic rings. The van der Waals surface area contributed by atoms with Gasteiger partial charge in [0, 0.05) is 55.7 Å². The van der Waals surface area contributed by atoms with Gasteiger partial charge in [0.25, 0.3) is 11.4 Å². The quantitative estimate of drug-likeness (QED) is 0.428. The summed E-state index contributed by atoms with van der Waals surface area (Å²) in [5.41, 5.74) is 0.148. The van der Waals surface area contributed by atoms with Crippen LogP contribution >= 0.6 is 34.0 Å². The van der Waals surface area contributed by atoms with Crippen molar-refractivity contribution in [2.24, 2.45) is 0 Å². The van der Waals surface area contributed by atoms with E-state index in [9.17, 15) is 20.2 Å². The van der Waals surface area contributed by atoms with Crippen LogP contribution in [0.5, 0.6) is 0 Å². The van der Waals surface area contributed by atoms with E-state index in [1.165, 1.54) is 49.1 Å². The van der Waals surface area contributed by atoms with Crippen LogP contribution in [0.4, 0.5) is 11.4 Å². The van der Waals surface area contributed by atoms with Crippen molar-refractivity contribution in [1.29, 1.82) is 0 Å². The molecule has 0 aliphatic heterocycles. The molecule has 0 atom stereocenters. The Kier molecular flexibility index (Phi) is 28.1. The molecule has 0 fully saturated rings. The zero-order chi connectivity index (χ0) is 18.1. The molecule has 1 N–H and O–H groups in total. The van der Waals surface area contributed by atoms with Crippen LogP contribution in [0.1, 0.15) is 6.92 Å². The summed E-state index contributed by atoms with van der Waals surface area (Å²) in [6.07, 6.45) is 5.55. The number of aliphatic hydroxyl groups is 1. The number of halogens is 2. The first-order valence-electron chi connectivity index (χ1n) is 5.88. The first kappa shape index (κ1) is 31.3. The molecule has 13 heteroatoms. The minimum atomic E-state index is -0.457. The molecule has 2 aromatic heterocycles. The van der Waals surface area contributed by atoms with E-state index in [0.29, 0.717) is 0 Å². The van der Waals surface area contributed by atoms with Crippen molar-refractivity contribution in [3.63, 3.8) is 0 Å². The maximum absolute atomic E-state index is 9.98. The molecule has 0 spiro atoms. The first-order valence-corrected chi connectivity index (χ1v) is 6.63. The van der Waals surface area contributed by atoms with E-state index in [4.69, 9.17) is 8.61 Å². The summed E-state index contributed by atoms with van der Waals surface area (Å²) in [6.45, 7) is 1.93. The standard InChI is InChI=1S/2C5H4N2O2.C2H6O.2BrH.O.Tc/c2*8-7(9)5-1-3-6-4-2-5;1-2-3;;;;/h2*1-4H;3H,2H2,1H3;2*1H;;. The van der Waals surface area contributed by atoms with Crippen molar-refractivity contribution in [3.8, 4) is 0 Å². The van der Waals surface area contributed by atoms with Gasteiger partial charge in [-0.3, -0.25) is 30.2 Å². The summed E-state index contributed by atoms with van der Waals surface area (Å²) in [7, 11) is 0. The molecular formula is C12H16Br2N4O6Tc. The van der Waals surface area contributed by atoms with Gasteiger partial charge in [-0.15, -0.1) is 34.0 Å². The van der Waals surface area contributed by atoms with E-state index in [-0.39, 0.29) is 51.9 Å². The Morgan fingerprint density at radius 2 is 1.08 bits per heavy atom. The molecule has 0 saturated carbocycles. The fourth-order valence-corrected chi connectivity index (χ4v) is 0.932. The third kappa shape index (κ3) is 18.6. The molecule has 10 nitrogen and oxygen atoms in total. The van der Waals surface area contributed by atoms with Gasteiger partial charge in [0.15, 0.2) is 0 Å². The Balaban J connectivity index is -0.000000132. The van der Waals surface area contributed by atoms with E-state index < -0.39 is 9.85 Å². The third-order valence-corrected chi connectivity index (χ3v) is 1.75. The fraction of sp³-hybridized carbons (Fsp3) is 0.167. The number of pyridine rings is 2. The predicted molar refractivity (Wildman–Crippen MR) is 95.9 cm³/mol. The molecule has 2 heterocycles. The van der Waals surface area contributed by atoms with Gasteiger partial charge in [0.05, 0.1) is 9.85 Å². The van der Waals surface area contributed by atoms with Crippen molar-refractivity contribution in [2.45, 2.75) is 6.92 Å². The topological polar surface area (TPSA) is 149 Å². The summed E-state index contributed by atoms with van der Waals surface area (Å²) in [5, 5.41) is 27.5. The molecule has 0 bridgehead atoms. The normalized spacial score (nSPS) is 7.28. The summed E-state index contributed by atoms with van der Waals surface area (Å²) in [6, 6.07) is 5.39. The molecule has 0 unspecified atom stereocenters. The third-order valence-electron chi connectivity index (χ3n) is 1.75. The van der Waals surface area contributed by atoms with Crippen molar-refractivity contribution in [2.75, 3.05) is 6.61 Å². The summed E-state index contributed by atoms with van der Waals surface area (Å²) in [5.74, 6) is 0. The van der Waals surface area contributed by atoms with Crippen LogP contribution in [0.3, 0.4) is 0 Å². The van der Waals surface area contributed by atoms with Gasteiger partial charge in [0.1, 0.15) is 0 Å². The van der Waals surface area contributed by atoms with Crippen molar-refractivity contribution in [3.05, 3.63) is 69.3 Å². The van der Waals surface area contributed by atoms with Gasteiger partial charge in [-0.2, -0.15) is 0 Å². The Morgan fingerprint density at radius 1 is 0.880 bits per heavy atom. The number of aliphatic hydroxyl groups excluding tert-OH is 1. The molecular weight excluding hydrogens is 554 g/mol. The van der Waals surface area contributed by atoms with Gasteiger partial charge in [-0.25, -0.2) is 0 Å². The van der Waals surface area contributed by atoms with E-state index in [0.717, 1.165) is 18.9 Å². The van der Waals surface area contributed by atoms with E-state index in [1.54, 1.807) is 6.92 Å². The number of rotatable bonds is 2. The van der Waals surface area contributed by atoms with Crippen LogP contribution in [0.2, 0.25) is 0 Å². The van der Waals surface area contributed by atoms with Gasteiger partial charge in [0.2, 0.25) is 0 Å². The number of aromatic nitrogens is 2. The van der Waals surface area contributed by atoms with Crippen LogP contribution < -0.4 is 0 Å². The van der Waals surface area contributed by atoms with Crippen LogP contribution in [0, 0.1) is 20.2 Å². The van der Waals surface area contributed by atoms with E-state index in [2.05, 4.69) is 9.97 Å².